The van der Waals surface area contributed by atoms with Crippen LogP contribution in [0.15, 0.2) is 24.3 Å². The molecule has 6 heteroatoms. The topological polar surface area (TPSA) is 89.9 Å². The van der Waals surface area contributed by atoms with Gasteiger partial charge in [-0.25, -0.2) is 9.59 Å². The Morgan fingerprint density at radius 1 is 1.12 bits per heavy atom. The van der Waals surface area contributed by atoms with Crippen LogP contribution in [0.5, 0.6) is 0 Å². The summed E-state index contributed by atoms with van der Waals surface area (Å²) in [5.74, 6) is -2.68. The molecule has 0 spiro atoms. The first kappa shape index (κ1) is 12.7. The van der Waals surface area contributed by atoms with Crippen molar-refractivity contribution < 1.29 is 29.0 Å². The summed E-state index contributed by atoms with van der Waals surface area (Å²) in [5, 5.41) is 8.84. The van der Waals surface area contributed by atoms with Crippen molar-refractivity contribution in [2.45, 2.75) is 6.92 Å². The van der Waals surface area contributed by atoms with Gasteiger partial charge in [-0.15, -0.1) is 0 Å². The molecule has 1 aromatic rings. The molecular weight excluding hydrogens is 228 g/mol. The van der Waals surface area contributed by atoms with E-state index in [-0.39, 0.29) is 11.1 Å². The number of rotatable bonds is 4. The van der Waals surface area contributed by atoms with Crippen molar-refractivity contribution in [2.24, 2.45) is 0 Å². The Morgan fingerprint density at radius 2 is 1.71 bits per heavy atom. The first-order chi connectivity index (χ1) is 8.02. The van der Waals surface area contributed by atoms with Crippen molar-refractivity contribution >= 4 is 17.9 Å². The monoisotopic (exact) mass is 238 g/mol. The zero-order valence-electron chi connectivity index (χ0n) is 9.00. The van der Waals surface area contributed by atoms with Gasteiger partial charge < -0.3 is 14.6 Å². The van der Waals surface area contributed by atoms with Gasteiger partial charge in [0, 0.05) is 6.92 Å². The molecule has 0 amide bonds. The standard InChI is InChI=1S/C11H10O6/c1-7(12)16-6-17-11(15)9-5-3-2-4-8(9)10(13)14/h2-5H,6H2,1H3,(H,13,14). The smallest absolute Gasteiger partial charge is 0.341 e. The number of esters is 2. The highest BCUT2D eigenvalue weighted by molar-refractivity contribution is 6.02. The normalized spacial score (nSPS) is 9.47. The highest BCUT2D eigenvalue weighted by Gasteiger charge is 2.16. The Morgan fingerprint density at radius 3 is 2.24 bits per heavy atom. The fourth-order valence-corrected chi connectivity index (χ4v) is 1.09. The van der Waals surface area contributed by atoms with Crippen molar-refractivity contribution in [2.75, 3.05) is 6.79 Å². The lowest BCUT2D eigenvalue weighted by Gasteiger charge is -2.06. The first-order valence-corrected chi connectivity index (χ1v) is 4.65. The largest absolute Gasteiger partial charge is 0.478 e. The third kappa shape index (κ3) is 3.60. The number of carbonyl (C=O) groups is 3. The molecule has 0 bridgehead atoms. The molecule has 0 aliphatic carbocycles. The van der Waals surface area contributed by atoms with Crippen LogP contribution < -0.4 is 0 Å². The Hall–Kier alpha value is -2.37. The second-order valence-electron chi connectivity index (χ2n) is 3.04. The summed E-state index contributed by atoms with van der Waals surface area (Å²) in [6.45, 7) is 0.626. The number of aromatic carboxylic acids is 1. The van der Waals surface area contributed by atoms with Gasteiger partial charge in [-0.1, -0.05) is 12.1 Å². The van der Waals surface area contributed by atoms with Crippen LogP contribution >= 0.6 is 0 Å². The van der Waals surface area contributed by atoms with Crippen molar-refractivity contribution in [3.63, 3.8) is 0 Å². The predicted molar refractivity (Wildman–Crippen MR) is 55.4 cm³/mol. The molecule has 1 N–H and O–H groups in total. The second kappa shape index (κ2) is 5.64. The summed E-state index contributed by atoms with van der Waals surface area (Å²) >= 11 is 0. The van der Waals surface area contributed by atoms with Gasteiger partial charge in [-0.3, -0.25) is 4.79 Å². The number of ether oxygens (including phenoxy) is 2. The quantitative estimate of drug-likeness (QED) is 0.623. The van der Waals surface area contributed by atoms with Crippen molar-refractivity contribution in [1.82, 2.24) is 0 Å². The van der Waals surface area contributed by atoms with Crippen molar-refractivity contribution in [3.05, 3.63) is 35.4 Å². The van der Waals surface area contributed by atoms with Crippen molar-refractivity contribution in [1.29, 1.82) is 0 Å². The van der Waals surface area contributed by atoms with Gasteiger partial charge in [-0.05, 0) is 12.1 Å². The molecule has 0 aliphatic heterocycles. The molecule has 0 unspecified atom stereocenters. The molecule has 0 heterocycles. The van der Waals surface area contributed by atoms with Crippen LogP contribution in [-0.4, -0.2) is 29.8 Å². The highest BCUT2D eigenvalue weighted by atomic mass is 16.7. The van der Waals surface area contributed by atoms with E-state index in [1.807, 2.05) is 0 Å². The molecule has 0 saturated carbocycles. The average Bonchev–Trinajstić information content (AvgIpc) is 2.28. The Bertz CT molecular complexity index is 451. The van der Waals surface area contributed by atoms with Gasteiger partial charge in [0.2, 0.25) is 6.79 Å². The van der Waals surface area contributed by atoms with Crippen LogP contribution in [0.3, 0.4) is 0 Å². The molecule has 0 fully saturated rings. The molecular formula is C11H10O6. The van der Waals surface area contributed by atoms with Crippen LogP contribution in [-0.2, 0) is 14.3 Å². The number of carbonyl (C=O) groups excluding carboxylic acids is 2. The van der Waals surface area contributed by atoms with E-state index in [1.54, 1.807) is 0 Å². The Kier molecular flexibility index (Phi) is 4.21. The second-order valence-corrected chi connectivity index (χ2v) is 3.04. The number of carboxylic acid groups (broad SMARTS) is 1. The third-order valence-electron chi connectivity index (χ3n) is 1.83. The summed E-state index contributed by atoms with van der Waals surface area (Å²) in [7, 11) is 0. The predicted octanol–water partition coefficient (Wildman–Crippen LogP) is 1.06. The van der Waals surface area contributed by atoms with Gasteiger partial charge >= 0.3 is 17.9 Å². The van der Waals surface area contributed by atoms with E-state index >= 15 is 0 Å². The lowest BCUT2D eigenvalue weighted by molar-refractivity contribution is -0.149. The van der Waals surface area contributed by atoms with E-state index in [9.17, 15) is 14.4 Å². The zero-order chi connectivity index (χ0) is 12.8. The van der Waals surface area contributed by atoms with Gasteiger partial charge in [0.1, 0.15) is 0 Å². The van der Waals surface area contributed by atoms with E-state index in [1.165, 1.54) is 31.2 Å². The average molecular weight is 238 g/mol. The zero-order valence-corrected chi connectivity index (χ0v) is 9.00. The Balaban J connectivity index is 2.75. The van der Waals surface area contributed by atoms with E-state index < -0.39 is 24.7 Å². The minimum atomic E-state index is -1.23. The van der Waals surface area contributed by atoms with Crippen LogP contribution in [0.25, 0.3) is 0 Å². The fourth-order valence-electron chi connectivity index (χ4n) is 1.09. The van der Waals surface area contributed by atoms with Crippen LogP contribution in [0.4, 0.5) is 0 Å². The molecule has 0 aromatic heterocycles. The van der Waals surface area contributed by atoms with E-state index in [0.29, 0.717) is 0 Å². The number of hydrogen-bond donors (Lipinski definition) is 1. The molecule has 0 saturated heterocycles. The van der Waals surface area contributed by atoms with Gasteiger partial charge in [0.15, 0.2) is 0 Å². The maximum Gasteiger partial charge on any atom is 0.341 e. The molecule has 1 aromatic carbocycles. The lowest BCUT2D eigenvalue weighted by Crippen LogP contribution is -2.14. The summed E-state index contributed by atoms with van der Waals surface area (Å²) in [4.78, 5) is 32.7. The molecule has 90 valence electrons. The summed E-state index contributed by atoms with van der Waals surface area (Å²) in [6, 6.07) is 5.60. The molecule has 0 radical (unpaired) electrons. The van der Waals surface area contributed by atoms with Crippen molar-refractivity contribution in [3.8, 4) is 0 Å². The first-order valence-electron chi connectivity index (χ1n) is 4.65. The maximum atomic E-state index is 11.5. The van der Waals surface area contributed by atoms with E-state index in [0.717, 1.165) is 0 Å². The third-order valence-corrected chi connectivity index (χ3v) is 1.83. The van der Waals surface area contributed by atoms with Gasteiger partial charge in [0.05, 0.1) is 11.1 Å². The van der Waals surface area contributed by atoms with Crippen LogP contribution in [0.1, 0.15) is 27.6 Å². The fraction of sp³-hybridized carbons (Fsp3) is 0.182. The molecule has 0 atom stereocenters. The molecule has 0 aliphatic rings. The summed E-state index contributed by atoms with van der Waals surface area (Å²) in [6.07, 6.45) is 0. The lowest BCUT2D eigenvalue weighted by atomic mass is 10.1. The number of hydrogen-bond acceptors (Lipinski definition) is 5. The van der Waals surface area contributed by atoms with E-state index in [4.69, 9.17) is 5.11 Å². The Labute approximate surface area is 96.8 Å². The summed E-state index contributed by atoms with van der Waals surface area (Å²) < 4.78 is 8.99. The van der Waals surface area contributed by atoms with E-state index in [2.05, 4.69) is 9.47 Å². The SMILES string of the molecule is CC(=O)OCOC(=O)c1ccccc1C(=O)O. The number of carboxylic acids is 1. The maximum absolute atomic E-state index is 11.5. The molecule has 1 rings (SSSR count). The van der Waals surface area contributed by atoms with Gasteiger partial charge in [0.25, 0.3) is 0 Å². The summed E-state index contributed by atoms with van der Waals surface area (Å²) in [5.41, 5.74) is -0.257. The minimum Gasteiger partial charge on any atom is -0.478 e. The number of benzene rings is 1. The minimum absolute atomic E-state index is 0.0906. The van der Waals surface area contributed by atoms with Crippen LogP contribution in [0, 0.1) is 0 Å². The molecule has 6 nitrogen and oxygen atoms in total. The van der Waals surface area contributed by atoms with Gasteiger partial charge in [-0.2, -0.15) is 0 Å². The van der Waals surface area contributed by atoms with Crippen LogP contribution in [0.2, 0.25) is 0 Å². The highest BCUT2D eigenvalue weighted by Crippen LogP contribution is 2.10. The molecule has 17 heavy (non-hydrogen) atoms.